The predicted octanol–water partition coefficient (Wildman–Crippen LogP) is 8.01. The molecule has 0 spiro atoms. The number of alkyl halides is 3. The van der Waals surface area contributed by atoms with Gasteiger partial charge in [0, 0.05) is 6.42 Å². The molecule has 0 aliphatic heterocycles. The Morgan fingerprint density at radius 2 is 1.43 bits per heavy atom. The smallest absolute Gasteiger partial charge is 0.392 e. The van der Waals surface area contributed by atoms with Crippen molar-refractivity contribution in [2.75, 3.05) is 0 Å². The highest BCUT2D eigenvalue weighted by Crippen LogP contribution is 2.23. The fourth-order valence-corrected chi connectivity index (χ4v) is 4.63. The molecule has 0 saturated carbocycles. The summed E-state index contributed by atoms with van der Waals surface area (Å²) in [6.45, 7) is 7.84. The Bertz CT molecular complexity index is 1000. The molecular formula is C33H50F3NO7. The van der Waals surface area contributed by atoms with E-state index < -0.39 is 60.7 Å². The molecule has 11 heteroatoms. The molecule has 3 unspecified atom stereocenters. The van der Waals surface area contributed by atoms with Gasteiger partial charge in [-0.25, -0.2) is 4.79 Å². The number of rotatable bonds is 25. The third-order valence-corrected chi connectivity index (χ3v) is 7.18. The number of hydrogen-bond acceptors (Lipinski definition) is 4. The molecule has 0 aliphatic carbocycles. The van der Waals surface area contributed by atoms with Crippen LogP contribution in [0.4, 0.5) is 13.2 Å². The van der Waals surface area contributed by atoms with Crippen LogP contribution in [-0.2, 0) is 19.2 Å². The highest BCUT2D eigenvalue weighted by Gasteiger charge is 2.35. The molecule has 0 aromatic heterocycles. The third kappa shape index (κ3) is 20.5. The minimum atomic E-state index is -4.44. The first kappa shape index (κ1) is 40.6. The molecule has 3 atom stereocenters. The van der Waals surface area contributed by atoms with Gasteiger partial charge in [0.2, 0.25) is 5.91 Å². The number of nitrogens with one attached hydrogen (secondary N) is 1. The van der Waals surface area contributed by atoms with Gasteiger partial charge in [0.1, 0.15) is 6.04 Å². The average Bonchev–Trinajstić information content (AvgIpc) is 2.93. The number of carbonyl (C=O) groups excluding carboxylic acids is 1. The van der Waals surface area contributed by atoms with E-state index in [1.165, 1.54) is 56.8 Å². The van der Waals surface area contributed by atoms with Crippen LogP contribution in [-0.4, -0.2) is 51.4 Å². The van der Waals surface area contributed by atoms with Crippen LogP contribution >= 0.6 is 0 Å². The lowest BCUT2D eigenvalue weighted by atomic mass is 9.87. The Morgan fingerprint density at radius 1 is 0.841 bits per heavy atom. The summed E-state index contributed by atoms with van der Waals surface area (Å²) in [6.07, 6.45) is 11.7. The second kappa shape index (κ2) is 23.1. The number of unbranched alkanes of at least 4 members (excludes halogenated alkanes) is 8. The van der Waals surface area contributed by atoms with Gasteiger partial charge in [0.25, 0.3) is 0 Å². The van der Waals surface area contributed by atoms with Crippen molar-refractivity contribution in [2.45, 2.75) is 122 Å². The van der Waals surface area contributed by atoms with Crippen LogP contribution in [0.2, 0.25) is 0 Å². The fraction of sp³-hybridized carbons (Fsp3) is 0.636. The first-order valence-electron chi connectivity index (χ1n) is 15.4. The molecule has 1 amide bonds. The normalized spacial score (nSPS) is 14.4. The maximum atomic E-state index is 13.1. The lowest BCUT2D eigenvalue weighted by Gasteiger charge is -2.22. The van der Waals surface area contributed by atoms with Crippen molar-refractivity contribution in [2.24, 2.45) is 11.8 Å². The molecule has 0 aromatic rings. The quantitative estimate of drug-likeness (QED) is 0.0455. The number of aliphatic carboxylic acids is 3. The molecule has 0 bridgehead atoms. The summed E-state index contributed by atoms with van der Waals surface area (Å²) < 4.78 is 37.4. The van der Waals surface area contributed by atoms with Gasteiger partial charge in [-0.2, -0.15) is 13.2 Å². The van der Waals surface area contributed by atoms with Crippen LogP contribution < -0.4 is 5.32 Å². The van der Waals surface area contributed by atoms with E-state index >= 15 is 0 Å². The standard InChI is InChI=1S/C33H50F3NO7/c1-4-6-7-10-13-17-24(3)18-14-11-8-9-12-15-20-26(27(31(41)42)23-29(38)39)30(40)37-28(32(43)44)22-25(5-2)19-16-21-33(34,35)36/h5,15-16,19-20,26-28H,3-4,6-14,17-18,21-23H2,1-2H3,(H,37,40)(H,38,39)(H,41,42)(H,43,44)/b19-16-,20-15+,25-5+. The van der Waals surface area contributed by atoms with E-state index in [0.717, 1.165) is 50.7 Å². The van der Waals surface area contributed by atoms with Crippen molar-refractivity contribution in [3.05, 3.63) is 48.1 Å². The number of amides is 1. The summed E-state index contributed by atoms with van der Waals surface area (Å²) in [5, 5.41) is 30.8. The molecule has 0 aromatic carbocycles. The fourth-order valence-electron chi connectivity index (χ4n) is 4.63. The average molecular weight is 630 g/mol. The van der Waals surface area contributed by atoms with Gasteiger partial charge in [-0.1, -0.05) is 88.0 Å². The maximum Gasteiger partial charge on any atom is 0.392 e. The summed E-state index contributed by atoms with van der Waals surface area (Å²) in [7, 11) is 0. The molecule has 0 fully saturated rings. The Labute approximate surface area is 259 Å². The molecule has 0 aliphatic rings. The first-order chi connectivity index (χ1) is 20.7. The highest BCUT2D eigenvalue weighted by molar-refractivity contribution is 5.91. The number of carboxylic acid groups (broad SMARTS) is 3. The van der Waals surface area contributed by atoms with Crippen LogP contribution in [0.1, 0.15) is 110 Å². The summed E-state index contributed by atoms with van der Waals surface area (Å²) in [5.74, 6) is -8.56. The van der Waals surface area contributed by atoms with Gasteiger partial charge in [-0.3, -0.25) is 14.4 Å². The van der Waals surface area contributed by atoms with Crippen LogP contribution in [0.5, 0.6) is 0 Å². The topological polar surface area (TPSA) is 141 Å². The molecule has 44 heavy (non-hydrogen) atoms. The summed E-state index contributed by atoms with van der Waals surface area (Å²) >= 11 is 0. The minimum absolute atomic E-state index is 0.213. The summed E-state index contributed by atoms with van der Waals surface area (Å²) in [4.78, 5) is 48.2. The largest absolute Gasteiger partial charge is 0.481 e. The first-order valence-corrected chi connectivity index (χ1v) is 15.4. The second-order valence-corrected chi connectivity index (χ2v) is 11.1. The molecule has 8 nitrogen and oxygen atoms in total. The van der Waals surface area contributed by atoms with E-state index in [-0.39, 0.29) is 12.0 Å². The van der Waals surface area contributed by atoms with E-state index in [1.807, 2.05) is 0 Å². The van der Waals surface area contributed by atoms with Gasteiger partial charge < -0.3 is 20.6 Å². The van der Waals surface area contributed by atoms with Crippen LogP contribution in [0.15, 0.2) is 48.1 Å². The Balaban J connectivity index is 5.21. The van der Waals surface area contributed by atoms with Crippen molar-refractivity contribution < 1.29 is 47.7 Å². The number of carbonyl (C=O) groups is 4. The van der Waals surface area contributed by atoms with E-state index in [9.17, 15) is 47.7 Å². The molecule has 0 saturated heterocycles. The second-order valence-electron chi connectivity index (χ2n) is 11.1. The number of halogens is 3. The molecule has 4 N–H and O–H groups in total. The molecule has 0 heterocycles. The van der Waals surface area contributed by atoms with E-state index in [4.69, 9.17) is 0 Å². The zero-order valence-electron chi connectivity index (χ0n) is 26.0. The van der Waals surface area contributed by atoms with Gasteiger partial charge in [0.05, 0.1) is 24.7 Å². The zero-order valence-corrected chi connectivity index (χ0v) is 26.0. The van der Waals surface area contributed by atoms with Crippen molar-refractivity contribution in [1.82, 2.24) is 5.32 Å². The van der Waals surface area contributed by atoms with E-state index in [2.05, 4.69) is 18.8 Å². The molecular weight excluding hydrogens is 579 g/mol. The van der Waals surface area contributed by atoms with Crippen molar-refractivity contribution in [3.63, 3.8) is 0 Å². The third-order valence-electron chi connectivity index (χ3n) is 7.18. The Hall–Kier alpha value is -3.37. The van der Waals surface area contributed by atoms with Gasteiger partial charge in [0.15, 0.2) is 0 Å². The van der Waals surface area contributed by atoms with Crippen LogP contribution in [0, 0.1) is 11.8 Å². The van der Waals surface area contributed by atoms with Crippen LogP contribution in [0.3, 0.4) is 0 Å². The molecule has 250 valence electrons. The van der Waals surface area contributed by atoms with Crippen molar-refractivity contribution >= 4 is 23.8 Å². The Morgan fingerprint density at radius 3 is 1.93 bits per heavy atom. The minimum Gasteiger partial charge on any atom is -0.481 e. The van der Waals surface area contributed by atoms with E-state index in [0.29, 0.717) is 6.42 Å². The van der Waals surface area contributed by atoms with Crippen molar-refractivity contribution in [1.29, 1.82) is 0 Å². The molecule has 0 radical (unpaired) electrons. The number of allylic oxidation sites excluding steroid dienone is 5. The van der Waals surface area contributed by atoms with Crippen molar-refractivity contribution in [3.8, 4) is 0 Å². The SMILES string of the molecule is C=C(CCCCCCC)CCCCCC/C=C/C(C(=O)NC(CC(/C=C\CC(F)(F)F)=C/C)C(=O)O)C(CC(=O)O)C(=O)O. The highest BCUT2D eigenvalue weighted by atomic mass is 19.4. The van der Waals surface area contributed by atoms with Gasteiger partial charge >= 0.3 is 24.1 Å². The lowest BCUT2D eigenvalue weighted by molar-refractivity contribution is -0.152. The maximum absolute atomic E-state index is 13.1. The number of carboxylic acids is 3. The number of hydrogen-bond donors (Lipinski definition) is 4. The molecule has 0 rings (SSSR count). The predicted molar refractivity (Wildman–Crippen MR) is 164 cm³/mol. The summed E-state index contributed by atoms with van der Waals surface area (Å²) in [5.41, 5.74) is 1.47. The van der Waals surface area contributed by atoms with E-state index in [1.54, 1.807) is 6.08 Å². The van der Waals surface area contributed by atoms with Crippen LogP contribution in [0.25, 0.3) is 0 Å². The monoisotopic (exact) mass is 629 g/mol. The zero-order chi connectivity index (χ0) is 33.5. The van der Waals surface area contributed by atoms with Gasteiger partial charge in [-0.05, 0) is 51.0 Å². The Kier molecular flexibility index (Phi) is 21.3. The van der Waals surface area contributed by atoms with Gasteiger partial charge in [-0.15, -0.1) is 0 Å². The lowest BCUT2D eigenvalue weighted by Crippen LogP contribution is -2.46. The summed E-state index contributed by atoms with van der Waals surface area (Å²) in [6, 6.07) is -1.58.